The van der Waals surface area contributed by atoms with Crippen molar-refractivity contribution < 1.29 is 14.7 Å². The lowest BCUT2D eigenvalue weighted by atomic mass is 9.76. The predicted octanol–water partition coefficient (Wildman–Crippen LogP) is 3.87. The van der Waals surface area contributed by atoms with Crippen molar-refractivity contribution in [3.63, 3.8) is 0 Å². The van der Waals surface area contributed by atoms with Gasteiger partial charge in [-0.1, -0.05) is 52.0 Å². The van der Waals surface area contributed by atoms with E-state index >= 15 is 0 Å². The first-order valence-corrected chi connectivity index (χ1v) is 9.38. The van der Waals surface area contributed by atoms with E-state index in [1.54, 1.807) is 4.90 Å². The van der Waals surface area contributed by atoms with E-state index in [4.69, 9.17) is 0 Å². The minimum absolute atomic E-state index is 0.0291. The van der Waals surface area contributed by atoms with E-state index in [0.717, 1.165) is 6.42 Å². The van der Waals surface area contributed by atoms with Gasteiger partial charge in [-0.05, 0) is 41.7 Å². The highest BCUT2D eigenvalue weighted by Crippen LogP contribution is 2.50. The number of rotatable bonds is 5. The molecule has 4 heteroatoms. The molecular weight excluding hydrogens is 314 g/mol. The van der Waals surface area contributed by atoms with Crippen LogP contribution in [0.3, 0.4) is 0 Å². The van der Waals surface area contributed by atoms with Gasteiger partial charge in [0.05, 0.1) is 5.41 Å². The molecule has 1 saturated carbocycles. The Balaban J connectivity index is 1.65. The monoisotopic (exact) mass is 343 g/mol. The van der Waals surface area contributed by atoms with Crippen molar-refractivity contribution in [2.24, 2.45) is 17.3 Å². The molecule has 4 nitrogen and oxygen atoms in total. The van der Waals surface area contributed by atoms with Crippen molar-refractivity contribution in [1.82, 2.24) is 4.90 Å². The molecular formula is C21H29NO3. The molecule has 3 atom stereocenters. The lowest BCUT2D eigenvalue weighted by molar-refractivity contribution is -0.151. The van der Waals surface area contributed by atoms with E-state index < -0.39 is 11.4 Å². The Kier molecular flexibility index (Phi) is 4.65. The number of hydrogen-bond acceptors (Lipinski definition) is 2. The first-order valence-electron chi connectivity index (χ1n) is 9.38. The number of carbonyl (C=O) groups is 2. The number of benzene rings is 1. The summed E-state index contributed by atoms with van der Waals surface area (Å²) < 4.78 is 0. The van der Waals surface area contributed by atoms with Crippen LogP contribution in [0.2, 0.25) is 0 Å². The summed E-state index contributed by atoms with van der Waals surface area (Å²) in [5.41, 5.74) is 1.77. The Morgan fingerprint density at radius 1 is 1.16 bits per heavy atom. The summed E-state index contributed by atoms with van der Waals surface area (Å²) in [5, 5.41) is 9.65. The third-order valence-corrected chi connectivity index (χ3v) is 6.28. The number of carboxylic acids is 1. The summed E-state index contributed by atoms with van der Waals surface area (Å²) in [7, 11) is 0. The van der Waals surface area contributed by atoms with E-state index in [1.807, 2.05) is 13.8 Å². The van der Waals surface area contributed by atoms with E-state index in [1.165, 1.54) is 11.1 Å². The van der Waals surface area contributed by atoms with Crippen LogP contribution in [0.1, 0.15) is 63.5 Å². The maximum atomic E-state index is 12.8. The van der Waals surface area contributed by atoms with E-state index in [2.05, 4.69) is 38.1 Å². The summed E-state index contributed by atoms with van der Waals surface area (Å²) >= 11 is 0. The first kappa shape index (κ1) is 18.0. The molecule has 1 aromatic rings. The molecule has 0 radical (unpaired) electrons. The molecule has 25 heavy (non-hydrogen) atoms. The molecule has 0 aromatic heterocycles. The van der Waals surface area contributed by atoms with Crippen LogP contribution in [0.15, 0.2) is 24.3 Å². The maximum absolute atomic E-state index is 12.8. The summed E-state index contributed by atoms with van der Waals surface area (Å²) in [6.45, 7) is 9.16. The standard InChI is InChI=1S/C21H29NO3/c1-13(2)15-5-7-16(8-6-15)17-11-18(17)19(23)22-10-9-21(12-22,14(3)4)20(24)25/h5-8,13-14,17-18H,9-12H2,1-4H3,(H,24,25). The van der Waals surface area contributed by atoms with Crippen LogP contribution in [0.25, 0.3) is 0 Å². The molecule has 1 amide bonds. The quantitative estimate of drug-likeness (QED) is 0.883. The van der Waals surface area contributed by atoms with Gasteiger partial charge >= 0.3 is 5.97 Å². The average Bonchev–Trinajstić information content (AvgIpc) is 3.23. The van der Waals surface area contributed by atoms with Crippen molar-refractivity contribution >= 4 is 11.9 Å². The zero-order valence-electron chi connectivity index (χ0n) is 15.7. The van der Waals surface area contributed by atoms with Crippen molar-refractivity contribution in [1.29, 1.82) is 0 Å². The molecule has 1 heterocycles. The van der Waals surface area contributed by atoms with Crippen LogP contribution >= 0.6 is 0 Å². The second-order valence-electron chi connectivity index (χ2n) is 8.40. The van der Waals surface area contributed by atoms with Gasteiger partial charge in [-0.25, -0.2) is 0 Å². The second kappa shape index (κ2) is 6.47. The Morgan fingerprint density at radius 3 is 2.28 bits per heavy atom. The van der Waals surface area contributed by atoms with Crippen LogP contribution in [-0.2, 0) is 9.59 Å². The Hall–Kier alpha value is -1.84. The Labute approximate surface area is 150 Å². The van der Waals surface area contributed by atoms with Crippen LogP contribution in [0.5, 0.6) is 0 Å². The van der Waals surface area contributed by atoms with Gasteiger partial charge in [0, 0.05) is 19.0 Å². The maximum Gasteiger partial charge on any atom is 0.311 e. The van der Waals surface area contributed by atoms with Gasteiger partial charge in [0.2, 0.25) is 5.91 Å². The molecule has 2 fully saturated rings. The molecule has 1 saturated heterocycles. The highest BCUT2D eigenvalue weighted by Gasteiger charge is 2.52. The number of amides is 1. The third-order valence-electron chi connectivity index (χ3n) is 6.28. The molecule has 0 bridgehead atoms. The highest BCUT2D eigenvalue weighted by molar-refractivity contribution is 5.85. The lowest BCUT2D eigenvalue weighted by Crippen LogP contribution is -2.41. The number of aliphatic carboxylic acids is 1. The molecule has 2 aliphatic rings. The molecule has 0 spiro atoms. The van der Waals surface area contributed by atoms with Gasteiger partial charge in [-0.15, -0.1) is 0 Å². The summed E-state index contributed by atoms with van der Waals surface area (Å²) in [5.74, 6) is 0.238. The van der Waals surface area contributed by atoms with Crippen molar-refractivity contribution in [2.75, 3.05) is 13.1 Å². The van der Waals surface area contributed by atoms with Crippen LogP contribution in [-0.4, -0.2) is 35.0 Å². The van der Waals surface area contributed by atoms with Gasteiger partial charge in [0.1, 0.15) is 0 Å². The summed E-state index contributed by atoms with van der Waals surface area (Å²) in [6.07, 6.45) is 1.45. The SMILES string of the molecule is CC(C)c1ccc(C2CC2C(=O)N2CCC(C(=O)O)(C(C)C)C2)cc1. The van der Waals surface area contributed by atoms with E-state index in [-0.39, 0.29) is 17.7 Å². The Bertz CT molecular complexity index is 664. The highest BCUT2D eigenvalue weighted by atomic mass is 16.4. The van der Waals surface area contributed by atoms with Gasteiger partial charge in [-0.2, -0.15) is 0 Å². The minimum Gasteiger partial charge on any atom is -0.481 e. The van der Waals surface area contributed by atoms with Crippen molar-refractivity contribution in [3.8, 4) is 0 Å². The molecule has 1 aliphatic carbocycles. The zero-order chi connectivity index (χ0) is 18.4. The van der Waals surface area contributed by atoms with E-state index in [9.17, 15) is 14.7 Å². The first-order chi connectivity index (χ1) is 11.8. The summed E-state index contributed by atoms with van der Waals surface area (Å²) in [4.78, 5) is 26.4. The molecule has 1 N–H and O–H groups in total. The van der Waals surface area contributed by atoms with Crippen LogP contribution < -0.4 is 0 Å². The third kappa shape index (κ3) is 3.19. The zero-order valence-corrected chi connectivity index (χ0v) is 15.7. The number of carboxylic acid groups (broad SMARTS) is 1. The topological polar surface area (TPSA) is 57.6 Å². The van der Waals surface area contributed by atoms with Gasteiger partial charge < -0.3 is 10.0 Å². The van der Waals surface area contributed by atoms with Crippen molar-refractivity contribution in [3.05, 3.63) is 35.4 Å². The summed E-state index contributed by atoms with van der Waals surface area (Å²) in [6, 6.07) is 8.60. The number of nitrogens with zero attached hydrogens (tertiary/aromatic N) is 1. The molecule has 136 valence electrons. The fraction of sp³-hybridized carbons (Fsp3) is 0.619. The van der Waals surface area contributed by atoms with Gasteiger partial charge in [-0.3, -0.25) is 9.59 Å². The number of carbonyl (C=O) groups excluding carboxylic acids is 1. The minimum atomic E-state index is -0.779. The van der Waals surface area contributed by atoms with Crippen LogP contribution in [0.4, 0.5) is 0 Å². The smallest absolute Gasteiger partial charge is 0.311 e. The number of likely N-dealkylation sites (tertiary alicyclic amines) is 1. The number of hydrogen-bond donors (Lipinski definition) is 1. The van der Waals surface area contributed by atoms with Gasteiger partial charge in [0.15, 0.2) is 0 Å². The average molecular weight is 343 g/mol. The molecule has 1 aromatic carbocycles. The second-order valence-corrected chi connectivity index (χ2v) is 8.40. The fourth-order valence-corrected chi connectivity index (χ4v) is 4.11. The molecule has 3 unspecified atom stereocenters. The van der Waals surface area contributed by atoms with E-state index in [0.29, 0.717) is 31.3 Å². The van der Waals surface area contributed by atoms with Gasteiger partial charge in [0.25, 0.3) is 0 Å². The predicted molar refractivity (Wildman–Crippen MR) is 97.5 cm³/mol. The van der Waals surface area contributed by atoms with Crippen LogP contribution in [0, 0.1) is 17.3 Å². The normalized spacial score (nSPS) is 28.6. The lowest BCUT2D eigenvalue weighted by Gasteiger charge is -2.28. The fourth-order valence-electron chi connectivity index (χ4n) is 4.11. The Morgan fingerprint density at radius 2 is 1.80 bits per heavy atom. The molecule has 1 aliphatic heterocycles. The largest absolute Gasteiger partial charge is 0.481 e. The molecule has 3 rings (SSSR count). The van der Waals surface area contributed by atoms with Crippen molar-refractivity contribution in [2.45, 2.75) is 52.4 Å².